The molecule has 8 nitrogen and oxygen atoms in total. The number of hydrogen-bond donors (Lipinski definition) is 0. The number of benzene rings is 2. The molecule has 0 bridgehead atoms. The molecule has 0 aliphatic rings. The number of nitro benzene ring substituents is 1. The van der Waals surface area contributed by atoms with Gasteiger partial charge >= 0.3 is 0 Å². The highest BCUT2D eigenvalue weighted by molar-refractivity contribution is 8.01. The van der Waals surface area contributed by atoms with Gasteiger partial charge in [-0.15, -0.1) is 32.9 Å². The molecule has 0 N–H and O–H groups in total. The van der Waals surface area contributed by atoms with Crippen LogP contribution in [-0.4, -0.2) is 38.8 Å². The maximum Gasteiger partial charge on any atom is 0.270 e. The molecule has 0 spiro atoms. The summed E-state index contributed by atoms with van der Waals surface area (Å²) in [5, 5.41) is 22.7. The van der Waals surface area contributed by atoms with Crippen molar-refractivity contribution in [3.8, 4) is 16.4 Å². The van der Waals surface area contributed by atoms with Gasteiger partial charge in [-0.3, -0.25) is 14.7 Å². The Morgan fingerprint density at radius 2 is 1.91 bits per heavy atom. The molecule has 0 radical (unpaired) electrons. The molecule has 3 aromatic heterocycles. The molecule has 3 heterocycles. The maximum absolute atomic E-state index is 11.1. The minimum Gasteiger partial charge on any atom is -0.378 e. The van der Waals surface area contributed by atoms with Gasteiger partial charge in [-0.25, -0.2) is 4.98 Å². The number of thiazole rings is 1. The van der Waals surface area contributed by atoms with Crippen LogP contribution in [-0.2, 0) is 0 Å². The van der Waals surface area contributed by atoms with Crippen molar-refractivity contribution in [1.82, 2.24) is 19.7 Å². The summed E-state index contributed by atoms with van der Waals surface area (Å²) in [6.45, 7) is 0. The van der Waals surface area contributed by atoms with E-state index in [4.69, 9.17) is 0 Å². The lowest BCUT2D eigenvalue weighted by Gasteiger charge is -2.14. The van der Waals surface area contributed by atoms with E-state index in [9.17, 15) is 10.1 Å². The van der Waals surface area contributed by atoms with E-state index in [0.29, 0.717) is 5.16 Å². The lowest BCUT2D eigenvalue weighted by molar-refractivity contribution is -0.384. The van der Waals surface area contributed by atoms with Gasteiger partial charge in [0, 0.05) is 37.6 Å². The van der Waals surface area contributed by atoms with Gasteiger partial charge < -0.3 is 4.90 Å². The Morgan fingerprint density at radius 1 is 1.09 bits per heavy atom. The zero-order chi connectivity index (χ0) is 22.2. The lowest BCUT2D eigenvalue weighted by Crippen LogP contribution is -2.08. The molecule has 0 amide bonds. The van der Waals surface area contributed by atoms with Crippen LogP contribution in [0, 0.1) is 10.1 Å². The van der Waals surface area contributed by atoms with E-state index in [1.54, 1.807) is 23.5 Å². The Balaban J connectivity index is 1.57. The topological polar surface area (TPSA) is 90.0 Å². The van der Waals surface area contributed by atoms with Crippen LogP contribution in [0.2, 0.25) is 0 Å². The van der Waals surface area contributed by atoms with E-state index >= 15 is 0 Å². The number of non-ortho nitro benzene ring substituents is 1. The second-order valence-corrected chi connectivity index (χ2v) is 10.2. The number of nitro groups is 1. The minimum atomic E-state index is -0.396. The molecule has 5 aromatic rings. The van der Waals surface area contributed by atoms with E-state index in [1.807, 2.05) is 53.2 Å². The summed E-state index contributed by atoms with van der Waals surface area (Å²) in [6, 6.07) is 16.9. The van der Waals surface area contributed by atoms with Gasteiger partial charge in [0.1, 0.15) is 0 Å². The van der Waals surface area contributed by atoms with Crippen LogP contribution in [0.3, 0.4) is 0 Å². The number of fused-ring (bicyclic) bond motifs is 1. The summed E-state index contributed by atoms with van der Waals surface area (Å²) in [5.74, 6) is 0.761. The van der Waals surface area contributed by atoms with Crippen molar-refractivity contribution in [3.63, 3.8) is 0 Å². The first-order chi connectivity index (χ1) is 15.5. The molecule has 0 unspecified atom stereocenters. The van der Waals surface area contributed by atoms with Gasteiger partial charge in [0.05, 0.1) is 20.0 Å². The first-order valence-corrected chi connectivity index (χ1v) is 12.0. The van der Waals surface area contributed by atoms with Gasteiger partial charge in [-0.2, -0.15) is 0 Å². The molecule has 0 atom stereocenters. The highest BCUT2D eigenvalue weighted by atomic mass is 32.2. The SMILES string of the molecule is CN(C)c1ccc(-n2c(Sc3nc4ccc([N+](=O)[O-])cc4s3)nnc2-c2cccs2)cc1. The van der Waals surface area contributed by atoms with Crippen LogP contribution in [0.4, 0.5) is 11.4 Å². The summed E-state index contributed by atoms with van der Waals surface area (Å²) >= 11 is 4.40. The molecule has 32 heavy (non-hydrogen) atoms. The number of aromatic nitrogens is 4. The Labute approximate surface area is 195 Å². The van der Waals surface area contributed by atoms with Crippen LogP contribution in [0.25, 0.3) is 26.6 Å². The fourth-order valence-electron chi connectivity index (χ4n) is 3.16. The van der Waals surface area contributed by atoms with Crippen molar-refractivity contribution in [2.45, 2.75) is 9.50 Å². The molecule has 2 aromatic carbocycles. The summed E-state index contributed by atoms with van der Waals surface area (Å²) in [5.41, 5.74) is 2.83. The molecule has 11 heteroatoms. The predicted molar refractivity (Wildman–Crippen MR) is 129 cm³/mol. The number of rotatable bonds is 6. The molecule has 0 aliphatic heterocycles. The largest absolute Gasteiger partial charge is 0.378 e. The second kappa shape index (κ2) is 8.34. The summed E-state index contributed by atoms with van der Waals surface area (Å²) in [7, 11) is 4.01. The summed E-state index contributed by atoms with van der Waals surface area (Å²) in [6.07, 6.45) is 0. The van der Waals surface area contributed by atoms with E-state index in [1.165, 1.54) is 29.2 Å². The molecule has 0 saturated heterocycles. The summed E-state index contributed by atoms with van der Waals surface area (Å²) < 4.78 is 3.53. The fraction of sp³-hybridized carbons (Fsp3) is 0.0952. The molecule has 160 valence electrons. The molecular weight excluding hydrogens is 464 g/mol. The Kier molecular flexibility index (Phi) is 5.37. The van der Waals surface area contributed by atoms with Crippen molar-refractivity contribution in [2.24, 2.45) is 0 Å². The molecule has 0 saturated carbocycles. The van der Waals surface area contributed by atoms with Gasteiger partial charge in [0.25, 0.3) is 5.69 Å². The third-order valence-electron chi connectivity index (χ3n) is 4.74. The van der Waals surface area contributed by atoms with E-state index < -0.39 is 4.92 Å². The standard InChI is InChI=1S/C21H16N6O2S3/c1-25(2)13-5-7-14(8-6-13)26-19(17-4-3-11-30-17)23-24-20(26)32-21-22-16-10-9-15(27(28)29)12-18(16)31-21/h3-12H,1-2H3. The highest BCUT2D eigenvalue weighted by Crippen LogP contribution is 2.38. The molecule has 0 fully saturated rings. The third-order valence-corrected chi connectivity index (χ3v) is 7.63. The Morgan fingerprint density at radius 3 is 2.59 bits per heavy atom. The van der Waals surface area contributed by atoms with Crippen molar-refractivity contribution in [1.29, 1.82) is 0 Å². The predicted octanol–water partition coefficient (Wildman–Crippen LogP) is 5.73. The highest BCUT2D eigenvalue weighted by Gasteiger charge is 2.19. The van der Waals surface area contributed by atoms with Crippen molar-refractivity contribution in [3.05, 3.63) is 70.1 Å². The zero-order valence-electron chi connectivity index (χ0n) is 17.0. The lowest BCUT2D eigenvalue weighted by atomic mass is 10.2. The monoisotopic (exact) mass is 480 g/mol. The zero-order valence-corrected chi connectivity index (χ0v) is 19.4. The van der Waals surface area contributed by atoms with Crippen LogP contribution < -0.4 is 4.90 Å². The van der Waals surface area contributed by atoms with E-state index in [0.717, 1.165) is 36.6 Å². The number of nitrogens with zero attached hydrogens (tertiary/aromatic N) is 6. The summed E-state index contributed by atoms with van der Waals surface area (Å²) in [4.78, 5) is 18.4. The van der Waals surface area contributed by atoms with Crippen molar-refractivity contribution < 1.29 is 4.92 Å². The normalized spacial score (nSPS) is 11.2. The molecule has 5 rings (SSSR count). The van der Waals surface area contributed by atoms with Crippen LogP contribution >= 0.6 is 34.4 Å². The van der Waals surface area contributed by atoms with Crippen molar-refractivity contribution >= 4 is 56.0 Å². The van der Waals surface area contributed by atoms with Crippen LogP contribution in [0.5, 0.6) is 0 Å². The van der Waals surface area contributed by atoms with Gasteiger partial charge in [0.2, 0.25) is 5.16 Å². The average molecular weight is 481 g/mol. The molecule has 0 aliphatic carbocycles. The first-order valence-electron chi connectivity index (χ1n) is 9.49. The van der Waals surface area contributed by atoms with Gasteiger partial charge in [-0.1, -0.05) is 6.07 Å². The minimum absolute atomic E-state index is 0.0573. The molecular formula is C21H16N6O2S3. The second-order valence-electron chi connectivity index (χ2n) is 7.02. The third kappa shape index (κ3) is 3.85. The first kappa shape index (κ1) is 20.6. The fourth-order valence-corrected chi connectivity index (χ4v) is 5.91. The van der Waals surface area contributed by atoms with E-state index in [-0.39, 0.29) is 5.69 Å². The Bertz CT molecular complexity index is 1410. The average Bonchev–Trinajstić information content (AvgIpc) is 3.52. The quantitative estimate of drug-likeness (QED) is 0.226. The number of thiophene rings is 1. The van der Waals surface area contributed by atoms with Crippen LogP contribution in [0.15, 0.2) is 69.5 Å². The smallest absolute Gasteiger partial charge is 0.270 e. The van der Waals surface area contributed by atoms with E-state index in [2.05, 4.69) is 27.3 Å². The van der Waals surface area contributed by atoms with Crippen LogP contribution in [0.1, 0.15) is 0 Å². The number of anilines is 1. The van der Waals surface area contributed by atoms with Crippen molar-refractivity contribution in [2.75, 3.05) is 19.0 Å². The Hall–Kier alpha value is -3.28. The number of hydrogen-bond acceptors (Lipinski definition) is 9. The van der Waals surface area contributed by atoms with Gasteiger partial charge in [-0.05, 0) is 53.5 Å². The maximum atomic E-state index is 11.1. The van der Waals surface area contributed by atoms with Gasteiger partial charge in [0.15, 0.2) is 10.2 Å².